The number of ketones is 1. The number of nitriles is 1. The molecule has 2 N–H and O–H groups in total. The normalized spacial score (nSPS) is 15.5. The number of aliphatic hydroxyl groups is 1. The summed E-state index contributed by atoms with van der Waals surface area (Å²) in [5.74, 6) is 0.137. The van der Waals surface area contributed by atoms with Gasteiger partial charge in [0.1, 0.15) is 0 Å². The van der Waals surface area contributed by atoms with E-state index in [1.54, 1.807) is 31.5 Å². The minimum absolute atomic E-state index is 0.0385. The Morgan fingerprint density at radius 3 is 2.69 bits per heavy atom. The average Bonchev–Trinajstić information content (AvgIpc) is 3.34. The number of anilines is 2. The van der Waals surface area contributed by atoms with Crippen LogP contribution >= 0.6 is 0 Å². The summed E-state index contributed by atoms with van der Waals surface area (Å²) in [6.07, 6.45) is 7.76. The highest BCUT2D eigenvalue weighted by Gasteiger charge is 2.21. The molecule has 0 spiro atoms. The molecule has 1 fully saturated rings. The summed E-state index contributed by atoms with van der Waals surface area (Å²) in [5, 5.41) is 25.9. The number of likely N-dealkylation sites (tertiary alicyclic amines) is 1. The van der Waals surface area contributed by atoms with Gasteiger partial charge in [-0.25, -0.2) is 9.97 Å². The first-order chi connectivity index (χ1) is 17.0. The number of Topliss-reactive ketones (excluding diaryl/α,β-unsaturated/α-hetero) is 1. The third kappa shape index (κ3) is 6.10. The van der Waals surface area contributed by atoms with Gasteiger partial charge in [-0.15, -0.1) is 0 Å². The Morgan fingerprint density at radius 1 is 1.26 bits per heavy atom. The van der Waals surface area contributed by atoms with Crippen LogP contribution in [0.4, 0.5) is 11.6 Å². The van der Waals surface area contributed by atoms with Crippen LogP contribution < -0.4 is 5.32 Å². The molecule has 2 aromatic heterocycles. The van der Waals surface area contributed by atoms with Crippen molar-refractivity contribution in [1.82, 2.24) is 24.6 Å². The lowest BCUT2D eigenvalue weighted by molar-refractivity contribution is 0.0973. The summed E-state index contributed by atoms with van der Waals surface area (Å²) >= 11 is 0. The molecule has 9 heteroatoms. The van der Waals surface area contributed by atoms with Crippen molar-refractivity contribution in [3.05, 3.63) is 54.0 Å². The van der Waals surface area contributed by atoms with Crippen molar-refractivity contribution in [2.75, 3.05) is 31.6 Å². The summed E-state index contributed by atoms with van der Waals surface area (Å²) in [5.41, 5.74) is 4.03. The summed E-state index contributed by atoms with van der Waals surface area (Å²) in [7, 11) is 0. The molecule has 1 aliphatic rings. The van der Waals surface area contributed by atoms with Crippen molar-refractivity contribution < 1.29 is 9.90 Å². The number of carbonyl (C=O) groups excluding carboxylic acids is 1. The lowest BCUT2D eigenvalue weighted by Gasteiger charge is -2.31. The van der Waals surface area contributed by atoms with Crippen LogP contribution in [0.1, 0.15) is 48.1 Å². The number of hydrogen-bond acceptors (Lipinski definition) is 8. The van der Waals surface area contributed by atoms with Gasteiger partial charge in [0.25, 0.3) is 0 Å². The van der Waals surface area contributed by atoms with Gasteiger partial charge in [0.2, 0.25) is 5.95 Å². The number of nitrogens with one attached hydrogen (secondary N) is 1. The molecule has 1 saturated heterocycles. The maximum atomic E-state index is 12.3. The minimum atomic E-state index is -0.302. The molecule has 3 heterocycles. The highest BCUT2D eigenvalue weighted by Crippen LogP contribution is 2.26. The molecule has 9 nitrogen and oxygen atoms in total. The van der Waals surface area contributed by atoms with E-state index in [0.717, 1.165) is 55.0 Å². The van der Waals surface area contributed by atoms with E-state index >= 15 is 0 Å². The zero-order valence-corrected chi connectivity index (χ0v) is 20.2. The predicted octanol–water partition coefficient (Wildman–Crippen LogP) is 3.75. The van der Waals surface area contributed by atoms with Crippen LogP contribution in [0.15, 0.2) is 42.9 Å². The van der Waals surface area contributed by atoms with Gasteiger partial charge >= 0.3 is 0 Å². The van der Waals surface area contributed by atoms with Gasteiger partial charge < -0.3 is 15.3 Å². The van der Waals surface area contributed by atoms with Crippen LogP contribution in [0, 0.1) is 24.2 Å². The molecule has 182 valence electrons. The molecule has 0 radical (unpaired) electrons. The highest BCUT2D eigenvalue weighted by atomic mass is 16.3. The van der Waals surface area contributed by atoms with Gasteiger partial charge in [0.05, 0.1) is 42.2 Å². The highest BCUT2D eigenvalue weighted by molar-refractivity contribution is 5.96. The fourth-order valence-corrected chi connectivity index (χ4v) is 4.33. The smallest absolute Gasteiger partial charge is 0.227 e. The zero-order valence-electron chi connectivity index (χ0n) is 20.2. The number of carbonyl (C=O) groups is 1. The van der Waals surface area contributed by atoms with Crippen molar-refractivity contribution in [1.29, 1.82) is 5.26 Å². The number of β-amino-alcohol motifs (C(OH)–C–C–N with tert-alkyl or cyclic N) is 1. The van der Waals surface area contributed by atoms with E-state index in [9.17, 15) is 4.79 Å². The van der Waals surface area contributed by atoms with Gasteiger partial charge in [0, 0.05) is 49.6 Å². The standard InChI is InChI=1S/C26H31N7O2/c1-18(14-27)13-24(35)20-3-5-21(6-4-20)25-19(2)15-28-26(31-25)30-22-16-29-33(17-22)23-7-9-32(10-8-23)11-12-34/h3-6,15-18,23,34H,7-13H2,1-2H3,(H,28,30,31)/t18-/m1/s1. The first-order valence-corrected chi connectivity index (χ1v) is 12.0. The van der Waals surface area contributed by atoms with Crippen molar-refractivity contribution in [3.8, 4) is 17.3 Å². The second-order valence-corrected chi connectivity index (χ2v) is 9.09. The number of nitrogens with zero attached hydrogens (tertiary/aromatic N) is 6. The average molecular weight is 474 g/mol. The largest absolute Gasteiger partial charge is 0.395 e. The number of benzene rings is 1. The van der Waals surface area contributed by atoms with E-state index in [1.807, 2.05) is 29.9 Å². The SMILES string of the molecule is Cc1cnc(Nc2cnn(C3CCN(CCO)CC3)c2)nc1-c1ccc(C(=O)C[C@@H](C)C#N)cc1. The lowest BCUT2D eigenvalue weighted by Crippen LogP contribution is -2.36. The molecule has 1 aromatic carbocycles. The Bertz CT molecular complexity index is 1190. The summed E-state index contributed by atoms with van der Waals surface area (Å²) in [4.78, 5) is 23.7. The Hall–Kier alpha value is -3.61. The number of aromatic nitrogens is 4. The van der Waals surface area contributed by atoms with Crippen LogP contribution in [0.3, 0.4) is 0 Å². The first-order valence-electron chi connectivity index (χ1n) is 12.0. The van der Waals surface area contributed by atoms with E-state index in [0.29, 0.717) is 17.6 Å². The van der Waals surface area contributed by atoms with E-state index in [4.69, 9.17) is 15.4 Å². The number of aliphatic hydroxyl groups excluding tert-OH is 1. The van der Waals surface area contributed by atoms with Crippen molar-refractivity contribution in [3.63, 3.8) is 0 Å². The first kappa shape index (κ1) is 24.5. The van der Waals surface area contributed by atoms with Gasteiger partial charge in [-0.3, -0.25) is 9.48 Å². The zero-order chi connectivity index (χ0) is 24.8. The number of aryl methyl sites for hydroxylation is 1. The summed E-state index contributed by atoms with van der Waals surface area (Å²) in [6, 6.07) is 9.77. The molecule has 0 amide bonds. The van der Waals surface area contributed by atoms with Crippen molar-refractivity contribution in [2.24, 2.45) is 5.92 Å². The molecular formula is C26H31N7O2. The summed E-state index contributed by atoms with van der Waals surface area (Å²) < 4.78 is 2.00. The van der Waals surface area contributed by atoms with Crippen LogP contribution in [0.25, 0.3) is 11.3 Å². The second-order valence-electron chi connectivity index (χ2n) is 9.09. The maximum Gasteiger partial charge on any atom is 0.227 e. The quantitative estimate of drug-likeness (QED) is 0.451. The molecule has 0 saturated carbocycles. The van der Waals surface area contributed by atoms with Gasteiger partial charge in [0.15, 0.2) is 5.78 Å². The minimum Gasteiger partial charge on any atom is -0.395 e. The molecule has 4 rings (SSSR count). The molecule has 35 heavy (non-hydrogen) atoms. The van der Waals surface area contributed by atoms with Crippen LogP contribution in [0.5, 0.6) is 0 Å². The van der Waals surface area contributed by atoms with Crippen molar-refractivity contribution in [2.45, 2.75) is 39.2 Å². The molecule has 0 unspecified atom stereocenters. The Kier molecular flexibility index (Phi) is 7.85. The molecule has 0 aliphatic carbocycles. The Balaban J connectivity index is 1.43. The van der Waals surface area contributed by atoms with Gasteiger partial charge in [-0.2, -0.15) is 10.4 Å². The van der Waals surface area contributed by atoms with Gasteiger partial charge in [-0.05, 0) is 32.3 Å². The Labute approximate surface area is 205 Å². The maximum absolute atomic E-state index is 12.3. The topological polar surface area (TPSA) is 120 Å². The number of piperidine rings is 1. The molecule has 0 bridgehead atoms. The van der Waals surface area contributed by atoms with Crippen LogP contribution in [0.2, 0.25) is 0 Å². The monoisotopic (exact) mass is 473 g/mol. The number of rotatable bonds is 9. The van der Waals surface area contributed by atoms with Crippen molar-refractivity contribution >= 4 is 17.4 Å². The molecular weight excluding hydrogens is 442 g/mol. The number of hydrogen-bond donors (Lipinski definition) is 2. The van der Waals surface area contributed by atoms with E-state index in [2.05, 4.69) is 26.4 Å². The Morgan fingerprint density at radius 2 is 2.00 bits per heavy atom. The molecule has 1 atom stereocenters. The third-order valence-electron chi connectivity index (χ3n) is 6.37. The van der Waals surface area contributed by atoms with E-state index < -0.39 is 0 Å². The van der Waals surface area contributed by atoms with Gasteiger partial charge in [-0.1, -0.05) is 24.3 Å². The second kappa shape index (κ2) is 11.2. The van der Waals surface area contributed by atoms with E-state index in [-0.39, 0.29) is 24.7 Å². The molecule has 3 aromatic rings. The fourth-order valence-electron chi connectivity index (χ4n) is 4.33. The van der Waals surface area contributed by atoms with Crippen LogP contribution in [-0.4, -0.2) is 61.8 Å². The van der Waals surface area contributed by atoms with E-state index in [1.165, 1.54) is 0 Å². The lowest BCUT2D eigenvalue weighted by atomic mass is 9.99. The fraction of sp³-hybridized carbons (Fsp3) is 0.423. The van der Waals surface area contributed by atoms with Crippen LogP contribution in [-0.2, 0) is 0 Å². The summed E-state index contributed by atoms with van der Waals surface area (Å²) in [6.45, 7) is 6.54. The molecule has 1 aliphatic heterocycles. The third-order valence-corrected chi connectivity index (χ3v) is 6.37. The predicted molar refractivity (Wildman–Crippen MR) is 133 cm³/mol.